The van der Waals surface area contributed by atoms with Crippen molar-refractivity contribution in [2.75, 3.05) is 7.05 Å². The first kappa shape index (κ1) is 11.9. The lowest BCUT2D eigenvalue weighted by Crippen LogP contribution is -2.15. The molecule has 1 aliphatic rings. The Hall–Kier alpha value is -1.13. The highest BCUT2D eigenvalue weighted by atomic mass is 32.1. The van der Waals surface area contributed by atoms with E-state index in [4.69, 9.17) is 0 Å². The van der Waals surface area contributed by atoms with Crippen molar-refractivity contribution in [3.05, 3.63) is 39.3 Å². The molecule has 0 bridgehead atoms. The molecule has 2 heterocycles. The number of fused-ring (bicyclic) bond motifs is 1. The Kier molecular flexibility index (Phi) is 3.22. The average molecular weight is 261 g/mol. The first-order chi connectivity index (χ1) is 8.78. The second-order valence-corrected chi connectivity index (χ2v) is 6.14. The Morgan fingerprint density at radius 3 is 2.89 bits per heavy atom. The van der Waals surface area contributed by atoms with Gasteiger partial charge in [0, 0.05) is 28.6 Å². The van der Waals surface area contributed by atoms with Gasteiger partial charge in [-0.15, -0.1) is 11.3 Å². The van der Waals surface area contributed by atoms with E-state index in [1.807, 2.05) is 36.3 Å². The van der Waals surface area contributed by atoms with Crippen LogP contribution >= 0.6 is 11.3 Å². The lowest BCUT2D eigenvalue weighted by Gasteiger charge is -2.11. The molecular weight excluding hydrogens is 242 g/mol. The van der Waals surface area contributed by atoms with E-state index in [0.717, 1.165) is 0 Å². The van der Waals surface area contributed by atoms with E-state index < -0.39 is 0 Å². The third-order valence-corrected chi connectivity index (χ3v) is 4.95. The molecule has 4 heteroatoms. The van der Waals surface area contributed by atoms with Gasteiger partial charge in [0.15, 0.2) is 0 Å². The van der Waals surface area contributed by atoms with Gasteiger partial charge < -0.3 is 5.32 Å². The minimum absolute atomic E-state index is 0.286. The summed E-state index contributed by atoms with van der Waals surface area (Å²) in [6.07, 6.45) is 9.28. The molecule has 18 heavy (non-hydrogen) atoms. The number of hydrogen-bond donors (Lipinski definition) is 1. The lowest BCUT2D eigenvalue weighted by atomic mass is 9.98. The quantitative estimate of drug-likeness (QED) is 0.920. The summed E-state index contributed by atoms with van der Waals surface area (Å²) in [7, 11) is 3.99. The van der Waals surface area contributed by atoms with E-state index >= 15 is 0 Å². The summed E-state index contributed by atoms with van der Waals surface area (Å²) in [5.41, 5.74) is 2.82. The van der Waals surface area contributed by atoms with Crippen molar-refractivity contribution in [3.8, 4) is 0 Å². The molecule has 2 aromatic rings. The number of aryl methyl sites for hydroxylation is 3. The van der Waals surface area contributed by atoms with Crippen LogP contribution in [0.2, 0.25) is 0 Å². The topological polar surface area (TPSA) is 29.9 Å². The molecule has 0 fully saturated rings. The Bertz CT molecular complexity index is 517. The molecule has 0 saturated carbocycles. The molecule has 0 spiro atoms. The maximum atomic E-state index is 4.27. The van der Waals surface area contributed by atoms with Crippen molar-refractivity contribution in [3.63, 3.8) is 0 Å². The van der Waals surface area contributed by atoms with Crippen molar-refractivity contribution in [2.24, 2.45) is 7.05 Å². The SMILES string of the molecule is CNC(c1cnn(C)c1)c1cc2c(s1)CCCC2. The van der Waals surface area contributed by atoms with Crippen LogP contribution in [0.25, 0.3) is 0 Å². The van der Waals surface area contributed by atoms with Crippen LogP contribution in [0, 0.1) is 0 Å². The van der Waals surface area contributed by atoms with E-state index in [-0.39, 0.29) is 6.04 Å². The number of nitrogens with one attached hydrogen (secondary N) is 1. The Morgan fingerprint density at radius 1 is 1.39 bits per heavy atom. The van der Waals surface area contributed by atoms with E-state index in [1.165, 1.54) is 36.1 Å². The zero-order valence-corrected chi connectivity index (χ0v) is 11.8. The van der Waals surface area contributed by atoms with Crippen molar-refractivity contribution in [2.45, 2.75) is 31.7 Å². The molecule has 3 nitrogen and oxygen atoms in total. The highest BCUT2D eigenvalue weighted by Crippen LogP contribution is 2.34. The maximum Gasteiger partial charge on any atom is 0.0699 e. The summed E-state index contributed by atoms with van der Waals surface area (Å²) in [6.45, 7) is 0. The summed E-state index contributed by atoms with van der Waals surface area (Å²) in [5, 5.41) is 7.69. The van der Waals surface area contributed by atoms with Gasteiger partial charge in [-0.3, -0.25) is 4.68 Å². The number of rotatable bonds is 3. The maximum absolute atomic E-state index is 4.27. The van der Waals surface area contributed by atoms with E-state index in [0.29, 0.717) is 0 Å². The zero-order valence-electron chi connectivity index (χ0n) is 10.9. The fraction of sp³-hybridized carbons (Fsp3) is 0.500. The number of nitrogens with zero attached hydrogens (tertiary/aromatic N) is 2. The van der Waals surface area contributed by atoms with Crippen LogP contribution in [0.5, 0.6) is 0 Å². The van der Waals surface area contributed by atoms with Crippen LogP contribution in [-0.2, 0) is 19.9 Å². The molecule has 1 N–H and O–H groups in total. The van der Waals surface area contributed by atoms with Crippen molar-refractivity contribution in [1.29, 1.82) is 0 Å². The van der Waals surface area contributed by atoms with Crippen molar-refractivity contribution >= 4 is 11.3 Å². The van der Waals surface area contributed by atoms with Crippen LogP contribution in [0.3, 0.4) is 0 Å². The Labute approximate surface area is 112 Å². The predicted molar refractivity (Wildman–Crippen MR) is 75.1 cm³/mol. The van der Waals surface area contributed by atoms with Crippen LogP contribution in [0.15, 0.2) is 18.5 Å². The highest BCUT2D eigenvalue weighted by Gasteiger charge is 2.20. The van der Waals surface area contributed by atoms with Crippen LogP contribution in [0.4, 0.5) is 0 Å². The second kappa shape index (κ2) is 4.86. The normalized spacial score (nSPS) is 16.6. The monoisotopic (exact) mass is 261 g/mol. The fourth-order valence-electron chi connectivity index (χ4n) is 2.72. The van der Waals surface area contributed by atoms with Gasteiger partial charge in [0.2, 0.25) is 0 Å². The predicted octanol–water partition coefficient (Wildman–Crippen LogP) is 2.67. The first-order valence-corrected chi connectivity index (χ1v) is 7.37. The molecule has 0 amide bonds. The summed E-state index contributed by atoms with van der Waals surface area (Å²) in [5.74, 6) is 0. The first-order valence-electron chi connectivity index (χ1n) is 6.55. The number of aromatic nitrogens is 2. The third-order valence-electron chi connectivity index (χ3n) is 3.65. The minimum Gasteiger partial charge on any atom is -0.309 e. The van der Waals surface area contributed by atoms with Gasteiger partial charge in [0.1, 0.15) is 0 Å². The van der Waals surface area contributed by atoms with Gasteiger partial charge in [0.25, 0.3) is 0 Å². The number of hydrogen-bond acceptors (Lipinski definition) is 3. The summed E-state index contributed by atoms with van der Waals surface area (Å²) < 4.78 is 1.87. The zero-order chi connectivity index (χ0) is 12.5. The largest absolute Gasteiger partial charge is 0.309 e. The molecule has 0 radical (unpaired) electrons. The average Bonchev–Trinajstić information content (AvgIpc) is 2.96. The molecule has 1 atom stereocenters. The second-order valence-electron chi connectivity index (χ2n) is 4.97. The van der Waals surface area contributed by atoms with Crippen molar-refractivity contribution < 1.29 is 0 Å². The molecule has 3 rings (SSSR count). The standard InChI is InChI=1S/C14H19N3S/c1-15-14(11-8-16-17(2)9-11)13-7-10-5-3-4-6-12(10)18-13/h7-9,14-15H,3-6H2,1-2H3. The van der Waals surface area contributed by atoms with Gasteiger partial charge in [-0.25, -0.2) is 0 Å². The number of thiophene rings is 1. The van der Waals surface area contributed by atoms with Crippen LogP contribution in [0.1, 0.15) is 39.8 Å². The summed E-state index contributed by atoms with van der Waals surface area (Å²) >= 11 is 1.97. The van der Waals surface area contributed by atoms with Gasteiger partial charge in [-0.2, -0.15) is 5.10 Å². The van der Waals surface area contributed by atoms with Gasteiger partial charge in [-0.05, 0) is 44.4 Å². The molecule has 0 saturated heterocycles. The molecule has 2 aromatic heterocycles. The smallest absolute Gasteiger partial charge is 0.0699 e. The molecular formula is C14H19N3S. The Balaban J connectivity index is 1.94. The summed E-state index contributed by atoms with van der Waals surface area (Å²) in [6, 6.07) is 2.68. The molecule has 0 aromatic carbocycles. The minimum atomic E-state index is 0.286. The fourth-order valence-corrected chi connectivity index (χ4v) is 4.11. The molecule has 1 unspecified atom stereocenters. The molecule has 1 aliphatic carbocycles. The van der Waals surface area contributed by atoms with Crippen molar-refractivity contribution in [1.82, 2.24) is 15.1 Å². The third kappa shape index (κ3) is 2.10. The van der Waals surface area contributed by atoms with E-state index in [1.54, 1.807) is 10.4 Å². The Morgan fingerprint density at radius 2 is 2.22 bits per heavy atom. The van der Waals surface area contributed by atoms with Gasteiger partial charge >= 0.3 is 0 Å². The van der Waals surface area contributed by atoms with Crippen LogP contribution in [-0.4, -0.2) is 16.8 Å². The van der Waals surface area contributed by atoms with E-state index in [9.17, 15) is 0 Å². The lowest BCUT2D eigenvalue weighted by molar-refractivity contribution is 0.690. The molecule has 96 valence electrons. The summed E-state index contributed by atoms with van der Waals surface area (Å²) in [4.78, 5) is 3.03. The van der Waals surface area contributed by atoms with Gasteiger partial charge in [-0.1, -0.05) is 0 Å². The van der Waals surface area contributed by atoms with Gasteiger partial charge in [0.05, 0.1) is 12.2 Å². The highest BCUT2D eigenvalue weighted by molar-refractivity contribution is 7.12. The van der Waals surface area contributed by atoms with E-state index in [2.05, 4.69) is 22.7 Å². The van der Waals surface area contributed by atoms with Crippen LogP contribution < -0.4 is 5.32 Å². The molecule has 0 aliphatic heterocycles.